The molecule has 6 aromatic carbocycles. The standard InChI is InChI=1S/C37H21N3O2/c1-2-10-22(11-3-1)39-28-16-8-5-13-25(28)33-29(39)19-18-24-23-12-4-7-15-27(23)40(36(24)33)37-38-35-32(42-37)21-20-31-34(35)26-14-6-9-17-30(26)41-31/h1-21H. The molecule has 10 rings (SSSR count). The lowest BCUT2D eigenvalue weighted by molar-refractivity contribution is 0.574. The second-order valence-corrected chi connectivity index (χ2v) is 10.8. The Kier molecular flexibility index (Phi) is 4.12. The Morgan fingerprint density at radius 1 is 0.429 bits per heavy atom. The number of hydrogen-bond donors (Lipinski definition) is 0. The molecule has 5 heteroatoms. The fraction of sp³-hybridized carbons (Fsp3) is 0. The molecule has 10 aromatic rings. The van der Waals surface area contributed by atoms with Gasteiger partial charge in [-0.3, -0.25) is 4.57 Å². The van der Waals surface area contributed by atoms with Crippen molar-refractivity contribution >= 4 is 76.6 Å². The molecule has 0 aliphatic rings. The minimum absolute atomic E-state index is 0.540. The van der Waals surface area contributed by atoms with Crippen molar-refractivity contribution in [2.75, 3.05) is 0 Å². The SMILES string of the molecule is c1ccc(-n2c3ccccc3c3c2ccc2c4ccccc4n(-c4nc5c(ccc6oc7ccccc7c65)o4)c23)cc1. The van der Waals surface area contributed by atoms with Gasteiger partial charge < -0.3 is 13.4 Å². The van der Waals surface area contributed by atoms with E-state index >= 15 is 0 Å². The van der Waals surface area contributed by atoms with Gasteiger partial charge in [0.2, 0.25) is 0 Å². The molecule has 0 spiro atoms. The quantitative estimate of drug-likeness (QED) is 0.220. The first-order valence-corrected chi connectivity index (χ1v) is 14.1. The largest absolute Gasteiger partial charge is 0.456 e. The molecule has 0 radical (unpaired) electrons. The Balaban J connectivity index is 1.39. The summed E-state index contributed by atoms with van der Waals surface area (Å²) in [7, 11) is 0. The predicted octanol–water partition coefficient (Wildman–Crippen LogP) is 9.92. The topological polar surface area (TPSA) is 49.0 Å². The highest BCUT2D eigenvalue weighted by Crippen LogP contribution is 2.43. The third-order valence-corrected chi connectivity index (χ3v) is 8.56. The molecule has 0 saturated carbocycles. The predicted molar refractivity (Wildman–Crippen MR) is 170 cm³/mol. The lowest BCUT2D eigenvalue weighted by Gasteiger charge is -2.08. The zero-order valence-corrected chi connectivity index (χ0v) is 22.3. The first-order valence-electron chi connectivity index (χ1n) is 14.1. The molecule has 0 unspecified atom stereocenters. The van der Waals surface area contributed by atoms with Crippen LogP contribution >= 0.6 is 0 Å². The van der Waals surface area contributed by atoms with E-state index in [0.29, 0.717) is 6.01 Å². The van der Waals surface area contributed by atoms with Gasteiger partial charge in [0, 0.05) is 32.6 Å². The van der Waals surface area contributed by atoms with Gasteiger partial charge >= 0.3 is 6.01 Å². The van der Waals surface area contributed by atoms with Gasteiger partial charge in [-0.25, -0.2) is 0 Å². The summed E-state index contributed by atoms with van der Waals surface area (Å²) in [4.78, 5) is 5.19. The van der Waals surface area contributed by atoms with Gasteiger partial charge in [0.25, 0.3) is 0 Å². The molecule has 4 heterocycles. The van der Waals surface area contributed by atoms with Crippen molar-refractivity contribution in [1.29, 1.82) is 0 Å². The first-order chi connectivity index (χ1) is 20.8. The number of oxazole rings is 1. The van der Waals surface area contributed by atoms with E-state index in [4.69, 9.17) is 13.8 Å². The number of para-hydroxylation sites is 4. The summed E-state index contributed by atoms with van der Waals surface area (Å²) in [6, 6.07) is 44.7. The first kappa shape index (κ1) is 21.9. The Morgan fingerprint density at radius 3 is 1.98 bits per heavy atom. The fourth-order valence-corrected chi connectivity index (χ4v) is 6.85. The third-order valence-electron chi connectivity index (χ3n) is 8.56. The van der Waals surface area contributed by atoms with Gasteiger partial charge in [-0.2, -0.15) is 4.98 Å². The highest BCUT2D eigenvalue weighted by atomic mass is 16.4. The Morgan fingerprint density at radius 2 is 1.12 bits per heavy atom. The lowest BCUT2D eigenvalue weighted by atomic mass is 10.1. The summed E-state index contributed by atoms with van der Waals surface area (Å²) in [6.45, 7) is 0. The smallest absolute Gasteiger partial charge is 0.307 e. The van der Waals surface area contributed by atoms with Crippen molar-refractivity contribution in [3.63, 3.8) is 0 Å². The molecule has 0 aliphatic carbocycles. The van der Waals surface area contributed by atoms with E-state index in [1.165, 1.54) is 10.8 Å². The Bertz CT molecular complexity index is 2690. The molecule has 0 aliphatic heterocycles. The van der Waals surface area contributed by atoms with Crippen molar-refractivity contribution in [3.05, 3.63) is 127 Å². The number of rotatable bonds is 2. The highest BCUT2D eigenvalue weighted by molar-refractivity contribution is 6.26. The number of hydrogen-bond acceptors (Lipinski definition) is 3. The van der Waals surface area contributed by atoms with E-state index in [-0.39, 0.29) is 0 Å². The Labute approximate surface area is 238 Å². The molecule has 0 atom stereocenters. The van der Waals surface area contributed by atoms with Gasteiger partial charge in [-0.05, 0) is 48.5 Å². The number of furan rings is 1. The van der Waals surface area contributed by atoms with Crippen molar-refractivity contribution in [2.24, 2.45) is 0 Å². The van der Waals surface area contributed by atoms with E-state index in [1.807, 2.05) is 30.3 Å². The highest BCUT2D eigenvalue weighted by Gasteiger charge is 2.23. The van der Waals surface area contributed by atoms with Crippen LogP contribution in [0.1, 0.15) is 0 Å². The van der Waals surface area contributed by atoms with Crippen molar-refractivity contribution in [1.82, 2.24) is 14.1 Å². The van der Waals surface area contributed by atoms with E-state index in [1.54, 1.807) is 0 Å². The molecule has 4 aromatic heterocycles. The second-order valence-electron chi connectivity index (χ2n) is 10.8. The number of benzene rings is 6. The molecule has 42 heavy (non-hydrogen) atoms. The van der Waals surface area contributed by atoms with Gasteiger partial charge in [-0.15, -0.1) is 0 Å². The monoisotopic (exact) mass is 539 g/mol. The van der Waals surface area contributed by atoms with Crippen LogP contribution in [0.2, 0.25) is 0 Å². The number of fused-ring (bicyclic) bond motifs is 12. The van der Waals surface area contributed by atoms with Crippen LogP contribution in [0.3, 0.4) is 0 Å². The summed E-state index contributed by atoms with van der Waals surface area (Å²) in [6.07, 6.45) is 0. The summed E-state index contributed by atoms with van der Waals surface area (Å²) in [5, 5.41) is 6.69. The average Bonchev–Trinajstić information content (AvgIpc) is 3.79. The van der Waals surface area contributed by atoms with Gasteiger partial charge in [0.05, 0.1) is 27.5 Å². The molecule has 0 fully saturated rings. The van der Waals surface area contributed by atoms with Crippen LogP contribution < -0.4 is 0 Å². The summed E-state index contributed by atoms with van der Waals surface area (Å²) < 4.78 is 17.3. The maximum Gasteiger partial charge on any atom is 0.307 e. The molecule has 0 saturated heterocycles. The number of nitrogens with zero attached hydrogens (tertiary/aromatic N) is 3. The lowest BCUT2D eigenvalue weighted by Crippen LogP contribution is -1.95. The van der Waals surface area contributed by atoms with E-state index in [9.17, 15) is 0 Å². The molecular weight excluding hydrogens is 518 g/mol. The Hall–Kier alpha value is -5.81. The van der Waals surface area contributed by atoms with Gasteiger partial charge in [-0.1, -0.05) is 78.9 Å². The summed E-state index contributed by atoms with van der Waals surface area (Å²) in [5.74, 6) is 0. The van der Waals surface area contributed by atoms with Crippen LogP contribution in [-0.2, 0) is 0 Å². The maximum atomic E-state index is 6.61. The van der Waals surface area contributed by atoms with E-state index in [2.05, 4.69) is 106 Å². The van der Waals surface area contributed by atoms with Crippen molar-refractivity contribution < 1.29 is 8.83 Å². The van der Waals surface area contributed by atoms with Crippen LogP contribution in [0.15, 0.2) is 136 Å². The average molecular weight is 540 g/mol. The van der Waals surface area contributed by atoms with Gasteiger partial charge in [0.1, 0.15) is 16.7 Å². The maximum absolute atomic E-state index is 6.61. The molecule has 5 nitrogen and oxygen atoms in total. The molecule has 0 amide bonds. The minimum Gasteiger partial charge on any atom is -0.456 e. The van der Waals surface area contributed by atoms with Crippen LogP contribution in [0.5, 0.6) is 0 Å². The second kappa shape index (κ2) is 7.89. The van der Waals surface area contributed by atoms with Crippen LogP contribution in [0.4, 0.5) is 0 Å². The zero-order valence-electron chi connectivity index (χ0n) is 22.3. The minimum atomic E-state index is 0.540. The summed E-state index contributed by atoms with van der Waals surface area (Å²) in [5.41, 5.74) is 8.74. The van der Waals surface area contributed by atoms with E-state index < -0.39 is 0 Å². The molecule has 0 bridgehead atoms. The molecule has 196 valence electrons. The van der Waals surface area contributed by atoms with Crippen LogP contribution in [-0.4, -0.2) is 14.1 Å². The van der Waals surface area contributed by atoms with Crippen LogP contribution in [0.25, 0.3) is 88.4 Å². The molecular formula is C37H21N3O2. The van der Waals surface area contributed by atoms with E-state index in [0.717, 1.165) is 71.6 Å². The van der Waals surface area contributed by atoms with Crippen LogP contribution in [0, 0.1) is 0 Å². The summed E-state index contributed by atoms with van der Waals surface area (Å²) >= 11 is 0. The van der Waals surface area contributed by atoms with Crippen molar-refractivity contribution in [3.8, 4) is 11.7 Å². The fourth-order valence-electron chi connectivity index (χ4n) is 6.85. The van der Waals surface area contributed by atoms with Gasteiger partial charge in [0.15, 0.2) is 5.58 Å². The number of aromatic nitrogens is 3. The zero-order chi connectivity index (χ0) is 27.4. The normalized spacial score (nSPS) is 12.3. The van der Waals surface area contributed by atoms with Crippen molar-refractivity contribution in [2.45, 2.75) is 0 Å². The molecule has 0 N–H and O–H groups in total. The third kappa shape index (κ3) is 2.74.